The number of carbonyl (C=O) groups excluding carboxylic acids is 2. The predicted octanol–water partition coefficient (Wildman–Crippen LogP) is 0.636. The van der Waals surface area contributed by atoms with Crippen molar-refractivity contribution in [1.82, 2.24) is 4.98 Å². The number of rotatable bonds is 5. The molecule has 1 heterocycles. The van der Waals surface area contributed by atoms with Crippen molar-refractivity contribution in [2.45, 2.75) is 19.3 Å². The predicted molar refractivity (Wildman–Crippen MR) is 51.9 cm³/mol. The number of carbonyl (C=O) groups is 2. The third-order valence-electron chi connectivity index (χ3n) is 1.50. The zero-order valence-corrected chi connectivity index (χ0v) is 8.66. The third-order valence-corrected chi connectivity index (χ3v) is 2.15. The van der Waals surface area contributed by atoms with Crippen molar-refractivity contribution in [2.75, 3.05) is 0 Å². The summed E-state index contributed by atoms with van der Waals surface area (Å²) in [5, 5.41) is 2.01. The van der Waals surface area contributed by atoms with Gasteiger partial charge in [0.25, 0.3) is 5.19 Å². The SMILES string of the molecule is NOC(=O)CCCC(=O)Oc1nccs1. The van der Waals surface area contributed by atoms with Gasteiger partial charge in [-0.25, -0.2) is 4.98 Å². The van der Waals surface area contributed by atoms with Crippen LogP contribution in [0.4, 0.5) is 0 Å². The van der Waals surface area contributed by atoms with Crippen molar-refractivity contribution in [3.05, 3.63) is 11.6 Å². The standard InChI is InChI=1S/C8H10N2O4S/c9-14-7(12)3-1-2-6(11)13-8-10-4-5-15-8/h4-5H,1-3,9H2. The largest absolute Gasteiger partial charge is 0.398 e. The van der Waals surface area contributed by atoms with E-state index in [1.807, 2.05) is 0 Å². The smallest absolute Gasteiger partial charge is 0.324 e. The molecule has 82 valence electrons. The van der Waals surface area contributed by atoms with E-state index in [0.29, 0.717) is 11.6 Å². The first-order valence-electron chi connectivity index (χ1n) is 4.22. The minimum Gasteiger partial charge on any atom is -0.398 e. The lowest BCUT2D eigenvalue weighted by molar-refractivity contribution is -0.144. The van der Waals surface area contributed by atoms with Crippen molar-refractivity contribution in [3.63, 3.8) is 0 Å². The van der Waals surface area contributed by atoms with Crippen LogP contribution in [0.2, 0.25) is 0 Å². The molecule has 0 saturated carbocycles. The van der Waals surface area contributed by atoms with E-state index in [1.54, 1.807) is 11.6 Å². The molecule has 1 rings (SSSR count). The monoisotopic (exact) mass is 230 g/mol. The van der Waals surface area contributed by atoms with E-state index in [1.165, 1.54) is 11.3 Å². The summed E-state index contributed by atoms with van der Waals surface area (Å²) in [6.45, 7) is 0. The second-order valence-corrected chi connectivity index (χ2v) is 3.47. The van der Waals surface area contributed by atoms with Crippen molar-refractivity contribution >= 4 is 23.3 Å². The van der Waals surface area contributed by atoms with Crippen molar-refractivity contribution < 1.29 is 19.2 Å². The minimum atomic E-state index is -0.544. The zero-order chi connectivity index (χ0) is 11.1. The van der Waals surface area contributed by atoms with Crippen LogP contribution < -0.4 is 10.6 Å². The van der Waals surface area contributed by atoms with Gasteiger partial charge in [-0.05, 0) is 6.42 Å². The van der Waals surface area contributed by atoms with Crippen molar-refractivity contribution in [1.29, 1.82) is 0 Å². The highest BCUT2D eigenvalue weighted by Crippen LogP contribution is 2.14. The molecule has 15 heavy (non-hydrogen) atoms. The van der Waals surface area contributed by atoms with Gasteiger partial charge in [0, 0.05) is 24.4 Å². The van der Waals surface area contributed by atoms with Gasteiger partial charge in [0.15, 0.2) is 0 Å². The molecule has 0 amide bonds. The Balaban J connectivity index is 2.17. The third kappa shape index (κ3) is 4.52. The highest BCUT2D eigenvalue weighted by molar-refractivity contribution is 7.11. The second kappa shape index (κ2) is 6.10. The Morgan fingerprint density at radius 2 is 2.13 bits per heavy atom. The molecule has 0 spiro atoms. The summed E-state index contributed by atoms with van der Waals surface area (Å²) in [7, 11) is 0. The fourth-order valence-electron chi connectivity index (χ4n) is 0.845. The first kappa shape index (κ1) is 11.6. The minimum absolute atomic E-state index is 0.101. The van der Waals surface area contributed by atoms with Crippen LogP contribution in [0.1, 0.15) is 19.3 Å². The molecule has 2 N–H and O–H groups in total. The maximum absolute atomic E-state index is 11.1. The first-order chi connectivity index (χ1) is 7.22. The Bertz CT molecular complexity index is 325. The number of aromatic nitrogens is 1. The zero-order valence-electron chi connectivity index (χ0n) is 7.84. The maximum atomic E-state index is 11.1. The molecule has 6 nitrogen and oxygen atoms in total. The molecule has 1 aromatic rings. The molecular weight excluding hydrogens is 220 g/mol. The summed E-state index contributed by atoms with van der Waals surface area (Å²) in [5.41, 5.74) is 0. The topological polar surface area (TPSA) is 91.5 Å². The molecule has 0 aliphatic heterocycles. The summed E-state index contributed by atoms with van der Waals surface area (Å²) in [5.74, 6) is 3.66. The molecule has 0 atom stereocenters. The Hall–Kier alpha value is -1.47. The molecule has 0 saturated heterocycles. The second-order valence-electron chi connectivity index (χ2n) is 2.62. The van der Waals surface area contributed by atoms with Crippen LogP contribution in [-0.4, -0.2) is 16.9 Å². The van der Waals surface area contributed by atoms with E-state index >= 15 is 0 Å². The summed E-state index contributed by atoms with van der Waals surface area (Å²) in [4.78, 5) is 29.5. The van der Waals surface area contributed by atoms with Gasteiger partial charge in [-0.2, -0.15) is 5.90 Å². The van der Waals surface area contributed by atoms with Crippen LogP contribution in [-0.2, 0) is 14.4 Å². The van der Waals surface area contributed by atoms with E-state index in [9.17, 15) is 9.59 Å². The van der Waals surface area contributed by atoms with Crippen molar-refractivity contribution in [2.24, 2.45) is 5.90 Å². The molecule has 0 bridgehead atoms. The molecule has 7 heteroatoms. The Morgan fingerprint density at radius 3 is 2.73 bits per heavy atom. The Morgan fingerprint density at radius 1 is 1.40 bits per heavy atom. The molecule has 0 radical (unpaired) electrons. The van der Waals surface area contributed by atoms with Crippen LogP contribution >= 0.6 is 11.3 Å². The van der Waals surface area contributed by atoms with E-state index in [2.05, 4.69) is 15.7 Å². The van der Waals surface area contributed by atoms with Gasteiger partial charge in [0.05, 0.1) is 0 Å². The quantitative estimate of drug-likeness (QED) is 0.589. The molecule has 0 aliphatic rings. The fourth-order valence-corrected chi connectivity index (χ4v) is 1.35. The average Bonchev–Trinajstić information content (AvgIpc) is 2.70. The Labute approximate surface area is 90.0 Å². The summed E-state index contributed by atoms with van der Waals surface area (Å²) >= 11 is 1.23. The van der Waals surface area contributed by atoms with Gasteiger partial charge in [-0.3, -0.25) is 9.59 Å². The normalized spacial score (nSPS) is 9.67. The van der Waals surface area contributed by atoms with Crippen LogP contribution in [0.15, 0.2) is 11.6 Å². The van der Waals surface area contributed by atoms with Gasteiger partial charge in [0.1, 0.15) is 0 Å². The highest BCUT2D eigenvalue weighted by atomic mass is 32.1. The Kier molecular flexibility index (Phi) is 4.72. The van der Waals surface area contributed by atoms with Crippen LogP contribution in [0.5, 0.6) is 5.19 Å². The van der Waals surface area contributed by atoms with E-state index in [0.717, 1.165) is 0 Å². The lowest BCUT2D eigenvalue weighted by Crippen LogP contribution is -2.12. The lowest BCUT2D eigenvalue weighted by atomic mass is 10.2. The number of hydrogen-bond donors (Lipinski definition) is 1. The molecule has 0 fully saturated rings. The van der Waals surface area contributed by atoms with Gasteiger partial charge in [-0.15, -0.1) is 0 Å². The van der Waals surface area contributed by atoms with Gasteiger partial charge in [0.2, 0.25) is 0 Å². The number of nitrogens with two attached hydrogens (primary N) is 1. The lowest BCUT2D eigenvalue weighted by Gasteiger charge is -1.99. The summed E-state index contributed by atoms with van der Waals surface area (Å²) in [6.07, 6.45) is 2.12. The number of ether oxygens (including phenoxy) is 1. The van der Waals surface area contributed by atoms with Gasteiger partial charge < -0.3 is 9.57 Å². The van der Waals surface area contributed by atoms with Gasteiger partial charge >= 0.3 is 11.9 Å². The highest BCUT2D eigenvalue weighted by Gasteiger charge is 2.08. The number of esters is 1. The van der Waals surface area contributed by atoms with E-state index in [-0.39, 0.29) is 12.8 Å². The molecule has 1 aromatic heterocycles. The molecule has 0 aliphatic carbocycles. The summed E-state index contributed by atoms with van der Waals surface area (Å²) in [6, 6.07) is 0. The van der Waals surface area contributed by atoms with Crippen LogP contribution in [0.3, 0.4) is 0 Å². The van der Waals surface area contributed by atoms with E-state index in [4.69, 9.17) is 4.74 Å². The first-order valence-corrected chi connectivity index (χ1v) is 5.10. The molecule has 0 unspecified atom stereocenters. The van der Waals surface area contributed by atoms with Crippen LogP contribution in [0.25, 0.3) is 0 Å². The number of thiazole rings is 1. The van der Waals surface area contributed by atoms with Gasteiger partial charge in [-0.1, -0.05) is 11.3 Å². The maximum Gasteiger partial charge on any atom is 0.324 e. The fraction of sp³-hybridized carbons (Fsp3) is 0.375. The average molecular weight is 230 g/mol. The number of hydrogen-bond acceptors (Lipinski definition) is 7. The van der Waals surface area contributed by atoms with Crippen LogP contribution in [0, 0.1) is 0 Å². The van der Waals surface area contributed by atoms with E-state index < -0.39 is 11.9 Å². The molecule has 0 aromatic carbocycles. The van der Waals surface area contributed by atoms with Crippen molar-refractivity contribution in [3.8, 4) is 5.19 Å². The number of nitrogens with zero attached hydrogens (tertiary/aromatic N) is 1. The summed E-state index contributed by atoms with van der Waals surface area (Å²) < 4.78 is 4.85. The molecular formula is C8H10N2O4S.